The van der Waals surface area contributed by atoms with Crippen molar-refractivity contribution in [3.63, 3.8) is 0 Å². The van der Waals surface area contributed by atoms with Gasteiger partial charge in [0.25, 0.3) is 0 Å². The van der Waals surface area contributed by atoms with E-state index in [4.69, 9.17) is 4.74 Å². The van der Waals surface area contributed by atoms with Crippen molar-refractivity contribution in [3.05, 3.63) is 70.8 Å². The fourth-order valence-corrected chi connectivity index (χ4v) is 7.30. The number of hydrogen-bond acceptors (Lipinski definition) is 4. The molecule has 8 heteroatoms. The minimum atomic E-state index is -2.50. The van der Waals surface area contributed by atoms with Crippen molar-refractivity contribution < 1.29 is 23.4 Å². The number of carbonyl (C=O) groups is 1. The van der Waals surface area contributed by atoms with Crippen LogP contribution in [0.4, 0.5) is 8.78 Å². The van der Waals surface area contributed by atoms with Crippen molar-refractivity contribution in [2.24, 2.45) is 0 Å². The molecule has 0 aromatic heterocycles. The molecule has 0 spiro atoms. The standard InChI is InChI=1S/C20H23F2IN2O3/c1-13(26)25-23(9-14-6-16(21)8-17(22)7-14)20(27)10-24-19-12-28-11-15-4-2-3-5-18(15)19/h2-8,19-20,24,27H,9-12H2,1H3,(H,25,26). The van der Waals surface area contributed by atoms with Gasteiger partial charge in [0.2, 0.25) is 0 Å². The van der Waals surface area contributed by atoms with Crippen LogP contribution in [0.2, 0.25) is 0 Å². The van der Waals surface area contributed by atoms with E-state index in [2.05, 4.69) is 8.85 Å². The summed E-state index contributed by atoms with van der Waals surface area (Å²) in [7, 11) is 0. The number of alkyl halides is 2. The molecule has 1 amide bonds. The third-order valence-electron chi connectivity index (χ3n) is 4.28. The third-order valence-corrected chi connectivity index (χ3v) is 9.62. The second-order valence-corrected chi connectivity index (χ2v) is 11.6. The molecule has 0 saturated carbocycles. The molecule has 3 N–H and O–H groups in total. The van der Waals surface area contributed by atoms with Gasteiger partial charge in [0, 0.05) is 0 Å². The maximum absolute atomic E-state index is 13.5. The molecule has 1 aliphatic rings. The van der Waals surface area contributed by atoms with Crippen molar-refractivity contribution in [2.75, 3.05) is 13.2 Å². The fourth-order valence-electron chi connectivity index (χ4n) is 3.09. The van der Waals surface area contributed by atoms with E-state index in [0.29, 0.717) is 18.8 Å². The Bertz CT molecular complexity index is 817. The molecule has 28 heavy (non-hydrogen) atoms. The fraction of sp³-hybridized carbons (Fsp3) is 0.350. The Hall–Kier alpha value is -1.62. The van der Waals surface area contributed by atoms with Crippen LogP contribution in [0.3, 0.4) is 0 Å². The molecule has 0 radical (unpaired) electrons. The summed E-state index contributed by atoms with van der Waals surface area (Å²) in [6.45, 7) is 2.69. The van der Waals surface area contributed by atoms with Crippen LogP contribution < -0.4 is 8.85 Å². The number of nitrogens with one attached hydrogen (secondary N) is 2. The Labute approximate surface area is 170 Å². The van der Waals surface area contributed by atoms with E-state index in [1.807, 2.05) is 24.3 Å². The van der Waals surface area contributed by atoms with Crippen LogP contribution in [0.25, 0.3) is 0 Å². The summed E-state index contributed by atoms with van der Waals surface area (Å²) in [5.41, 5.74) is 2.67. The van der Waals surface area contributed by atoms with Gasteiger partial charge < -0.3 is 0 Å². The number of aliphatic hydroxyl groups excluding tert-OH is 1. The molecule has 5 nitrogen and oxygen atoms in total. The third kappa shape index (κ3) is 5.69. The topological polar surface area (TPSA) is 70.6 Å². The molecule has 1 heterocycles. The van der Waals surface area contributed by atoms with Gasteiger partial charge in [-0.2, -0.15) is 0 Å². The zero-order chi connectivity index (χ0) is 20.1. The number of ether oxygens (including phenoxy) is 1. The molecule has 0 fully saturated rings. The van der Waals surface area contributed by atoms with E-state index in [-0.39, 0.29) is 22.9 Å². The number of fused-ring (bicyclic) bond motifs is 1. The predicted molar refractivity (Wildman–Crippen MR) is 111 cm³/mol. The Balaban J connectivity index is 1.66. The summed E-state index contributed by atoms with van der Waals surface area (Å²) in [6.07, 6.45) is 0. The predicted octanol–water partition coefficient (Wildman–Crippen LogP) is 3.20. The van der Waals surface area contributed by atoms with Gasteiger partial charge in [0.05, 0.1) is 0 Å². The number of aliphatic hydroxyl groups is 1. The number of carbonyl (C=O) groups excluding carboxylic acids is 1. The van der Waals surface area contributed by atoms with Gasteiger partial charge in [-0.15, -0.1) is 0 Å². The molecule has 3 rings (SSSR count). The van der Waals surface area contributed by atoms with Crippen molar-refractivity contribution in [1.82, 2.24) is 8.85 Å². The second kappa shape index (κ2) is 9.73. The van der Waals surface area contributed by atoms with E-state index in [0.717, 1.165) is 17.2 Å². The molecule has 2 aromatic carbocycles. The molecule has 0 aliphatic carbocycles. The van der Waals surface area contributed by atoms with Gasteiger partial charge >= 0.3 is 170 Å². The summed E-state index contributed by atoms with van der Waals surface area (Å²) in [6, 6.07) is 11.2. The van der Waals surface area contributed by atoms with Crippen LogP contribution in [-0.4, -0.2) is 28.3 Å². The maximum atomic E-state index is 13.5. The van der Waals surface area contributed by atoms with E-state index >= 15 is 0 Å². The normalized spacial score (nSPS) is 17.6. The number of hydrogen-bond donors (Lipinski definition) is 3. The van der Waals surface area contributed by atoms with Crippen LogP contribution in [0.15, 0.2) is 42.5 Å². The van der Waals surface area contributed by atoms with E-state index in [9.17, 15) is 18.7 Å². The molecule has 2 unspecified atom stereocenters. The molecule has 1 aliphatic heterocycles. The van der Waals surface area contributed by atoms with Gasteiger partial charge in [-0.25, -0.2) is 0 Å². The summed E-state index contributed by atoms with van der Waals surface area (Å²) >= 11 is -2.50. The molecular formula is C20H23F2IN2O3. The SMILES string of the molecule is CC(=O)NI(Cc1cc(F)cc(F)c1)C(O)CNC1COCc2ccccc21. The average molecular weight is 504 g/mol. The Morgan fingerprint density at radius 2 is 2.00 bits per heavy atom. The van der Waals surface area contributed by atoms with Crippen molar-refractivity contribution in [3.8, 4) is 0 Å². The zero-order valence-electron chi connectivity index (χ0n) is 15.4. The van der Waals surface area contributed by atoms with Crippen molar-refractivity contribution >= 4 is 26.0 Å². The van der Waals surface area contributed by atoms with Gasteiger partial charge in [0.15, 0.2) is 0 Å². The Kier molecular flexibility index (Phi) is 7.33. The molecule has 2 atom stereocenters. The van der Waals surface area contributed by atoms with Gasteiger partial charge in [0.1, 0.15) is 0 Å². The summed E-state index contributed by atoms with van der Waals surface area (Å²) < 4.78 is 34.8. The van der Waals surface area contributed by atoms with Gasteiger partial charge in [-0.05, 0) is 0 Å². The van der Waals surface area contributed by atoms with Gasteiger partial charge in [-0.1, -0.05) is 0 Å². The molecule has 0 bridgehead atoms. The minimum absolute atomic E-state index is 0.0544. The van der Waals surface area contributed by atoms with E-state index < -0.39 is 35.8 Å². The van der Waals surface area contributed by atoms with E-state index in [1.54, 1.807) is 0 Å². The first-order valence-corrected chi connectivity index (χ1v) is 12.7. The number of rotatable bonds is 7. The first-order valence-electron chi connectivity index (χ1n) is 8.86. The zero-order valence-corrected chi connectivity index (χ0v) is 17.6. The molecule has 152 valence electrons. The Morgan fingerprint density at radius 3 is 2.71 bits per heavy atom. The average Bonchev–Trinajstić information content (AvgIpc) is 2.64. The number of halogens is 3. The number of amides is 1. The molecular weight excluding hydrogens is 481 g/mol. The van der Waals surface area contributed by atoms with Gasteiger partial charge in [-0.3, -0.25) is 0 Å². The second-order valence-electron chi connectivity index (χ2n) is 6.57. The number of benzene rings is 2. The van der Waals surface area contributed by atoms with E-state index in [1.165, 1.54) is 19.1 Å². The first kappa shape index (κ1) is 21.1. The van der Waals surface area contributed by atoms with Crippen molar-refractivity contribution in [2.45, 2.75) is 28.1 Å². The Morgan fingerprint density at radius 1 is 1.29 bits per heavy atom. The monoisotopic (exact) mass is 504 g/mol. The van der Waals surface area contributed by atoms with Crippen LogP contribution in [0.5, 0.6) is 0 Å². The first-order chi connectivity index (χ1) is 13.4. The molecule has 2 aromatic rings. The van der Waals surface area contributed by atoms with Crippen molar-refractivity contribution in [1.29, 1.82) is 0 Å². The quantitative estimate of drug-likeness (QED) is 0.308. The molecule has 0 saturated heterocycles. The summed E-state index contributed by atoms with van der Waals surface area (Å²) in [4.78, 5) is 11.6. The summed E-state index contributed by atoms with van der Waals surface area (Å²) in [5.74, 6) is -1.60. The van der Waals surface area contributed by atoms with Crippen LogP contribution in [-0.2, 0) is 20.6 Å². The van der Waals surface area contributed by atoms with Crippen LogP contribution in [0, 0.1) is 11.6 Å². The van der Waals surface area contributed by atoms with Crippen LogP contribution in [0.1, 0.15) is 29.7 Å². The van der Waals surface area contributed by atoms with Crippen LogP contribution >= 0.6 is 20.1 Å². The summed E-state index contributed by atoms with van der Waals surface area (Å²) in [5, 5.41) is 14.0.